The second kappa shape index (κ2) is 7.39. The monoisotopic (exact) mass is 366 g/mol. The standard InChI is InChI=1S/C16H18N2O6S/c1-3-13-12(16(20)21)9-14(24-13)15(19)17-10-5-7-11(8-6-10)18-25(22,23)4-2/h5-9,18H,3-4H2,1-2H3,(H,17,19)(H,20,21). The molecule has 0 atom stereocenters. The molecule has 1 aromatic carbocycles. The zero-order chi connectivity index (χ0) is 18.6. The Balaban J connectivity index is 2.12. The van der Waals surface area contributed by atoms with Crippen LogP contribution in [0.4, 0.5) is 11.4 Å². The minimum absolute atomic E-state index is 0.0445. The van der Waals surface area contributed by atoms with E-state index in [4.69, 9.17) is 9.52 Å². The molecule has 2 rings (SSSR count). The first-order valence-electron chi connectivity index (χ1n) is 7.53. The molecule has 3 N–H and O–H groups in total. The van der Waals surface area contributed by atoms with Crippen molar-refractivity contribution < 1.29 is 27.5 Å². The van der Waals surface area contributed by atoms with Gasteiger partial charge in [-0.05, 0) is 31.2 Å². The van der Waals surface area contributed by atoms with Crippen molar-refractivity contribution in [2.75, 3.05) is 15.8 Å². The van der Waals surface area contributed by atoms with Gasteiger partial charge in [0.1, 0.15) is 11.3 Å². The second-order valence-corrected chi connectivity index (χ2v) is 7.15. The maximum Gasteiger partial charge on any atom is 0.339 e. The summed E-state index contributed by atoms with van der Waals surface area (Å²) < 4.78 is 30.7. The van der Waals surface area contributed by atoms with Gasteiger partial charge in [-0.15, -0.1) is 0 Å². The number of benzene rings is 1. The van der Waals surface area contributed by atoms with Crippen molar-refractivity contribution in [3.05, 3.63) is 47.4 Å². The fraction of sp³-hybridized carbons (Fsp3) is 0.250. The molecule has 1 heterocycles. The summed E-state index contributed by atoms with van der Waals surface area (Å²) >= 11 is 0. The number of anilines is 2. The highest BCUT2D eigenvalue weighted by Gasteiger charge is 2.20. The molecule has 0 bridgehead atoms. The van der Waals surface area contributed by atoms with Gasteiger partial charge in [0.15, 0.2) is 5.76 Å². The van der Waals surface area contributed by atoms with E-state index in [0.717, 1.165) is 0 Å². The summed E-state index contributed by atoms with van der Waals surface area (Å²) in [5, 5.41) is 11.6. The first-order chi connectivity index (χ1) is 11.8. The fourth-order valence-electron chi connectivity index (χ4n) is 2.05. The minimum Gasteiger partial charge on any atom is -0.478 e. The molecule has 0 saturated heterocycles. The number of furan rings is 1. The number of carbonyl (C=O) groups is 2. The maximum absolute atomic E-state index is 12.2. The summed E-state index contributed by atoms with van der Waals surface area (Å²) in [6.07, 6.45) is 0.348. The molecule has 0 aliphatic rings. The van der Waals surface area contributed by atoms with E-state index in [9.17, 15) is 18.0 Å². The average Bonchev–Trinajstić information content (AvgIpc) is 3.01. The second-order valence-electron chi connectivity index (χ2n) is 5.14. The fourth-order valence-corrected chi connectivity index (χ4v) is 2.69. The Kier molecular flexibility index (Phi) is 5.48. The predicted octanol–water partition coefficient (Wildman–Crippen LogP) is 2.55. The van der Waals surface area contributed by atoms with Crippen LogP contribution in [0.2, 0.25) is 0 Å². The van der Waals surface area contributed by atoms with Crippen LogP contribution in [-0.4, -0.2) is 31.2 Å². The molecule has 0 unspecified atom stereocenters. The van der Waals surface area contributed by atoms with Gasteiger partial charge in [-0.25, -0.2) is 13.2 Å². The molecule has 0 aliphatic carbocycles. The number of carboxylic acid groups (broad SMARTS) is 1. The number of carboxylic acids is 1. The number of sulfonamides is 1. The zero-order valence-corrected chi connectivity index (χ0v) is 14.5. The first-order valence-corrected chi connectivity index (χ1v) is 9.18. The quantitative estimate of drug-likeness (QED) is 0.691. The first kappa shape index (κ1) is 18.5. The number of aryl methyl sites for hydroxylation is 1. The summed E-state index contributed by atoms with van der Waals surface area (Å²) in [4.78, 5) is 23.3. The van der Waals surface area contributed by atoms with Crippen LogP contribution in [0, 0.1) is 0 Å². The molecule has 0 saturated carbocycles. The lowest BCUT2D eigenvalue weighted by molar-refractivity contribution is 0.0694. The molecule has 0 radical (unpaired) electrons. The van der Waals surface area contributed by atoms with E-state index in [0.29, 0.717) is 17.8 Å². The smallest absolute Gasteiger partial charge is 0.339 e. The third-order valence-electron chi connectivity index (χ3n) is 3.38. The summed E-state index contributed by atoms with van der Waals surface area (Å²) in [7, 11) is -3.37. The van der Waals surface area contributed by atoms with Gasteiger partial charge in [0.05, 0.1) is 5.75 Å². The molecular weight excluding hydrogens is 348 g/mol. The van der Waals surface area contributed by atoms with Crippen molar-refractivity contribution >= 4 is 33.3 Å². The number of aromatic carboxylic acids is 1. The highest BCUT2D eigenvalue weighted by atomic mass is 32.2. The van der Waals surface area contributed by atoms with Gasteiger partial charge in [-0.3, -0.25) is 9.52 Å². The van der Waals surface area contributed by atoms with Crippen molar-refractivity contribution in [2.24, 2.45) is 0 Å². The molecule has 1 aromatic heterocycles. The van der Waals surface area contributed by atoms with Gasteiger partial charge in [-0.1, -0.05) is 6.92 Å². The molecule has 8 nitrogen and oxygen atoms in total. The van der Waals surface area contributed by atoms with Crippen LogP contribution in [0.25, 0.3) is 0 Å². The van der Waals surface area contributed by atoms with Crippen LogP contribution in [0.15, 0.2) is 34.7 Å². The number of hydrogen-bond donors (Lipinski definition) is 3. The Hall–Kier alpha value is -2.81. The molecule has 0 spiro atoms. The Bertz CT molecular complexity index is 884. The zero-order valence-electron chi connectivity index (χ0n) is 13.7. The highest BCUT2D eigenvalue weighted by Crippen LogP contribution is 2.19. The number of nitrogens with one attached hydrogen (secondary N) is 2. The molecule has 0 fully saturated rings. The highest BCUT2D eigenvalue weighted by molar-refractivity contribution is 7.92. The SMILES string of the molecule is CCc1oc(C(=O)Nc2ccc(NS(=O)(=O)CC)cc2)cc1C(=O)O. The van der Waals surface area contributed by atoms with Gasteiger partial charge in [0, 0.05) is 23.9 Å². The summed E-state index contributed by atoms with van der Waals surface area (Å²) in [6, 6.07) is 7.23. The Morgan fingerprint density at radius 3 is 2.20 bits per heavy atom. The number of rotatable bonds is 7. The van der Waals surface area contributed by atoms with Crippen molar-refractivity contribution in [3.8, 4) is 0 Å². The van der Waals surface area contributed by atoms with Crippen LogP contribution < -0.4 is 10.0 Å². The van der Waals surface area contributed by atoms with E-state index in [1.807, 2.05) is 0 Å². The lowest BCUT2D eigenvalue weighted by Gasteiger charge is -2.07. The van der Waals surface area contributed by atoms with Crippen LogP contribution in [0.3, 0.4) is 0 Å². The summed E-state index contributed by atoms with van der Waals surface area (Å²) in [5.74, 6) is -1.68. The lowest BCUT2D eigenvalue weighted by Crippen LogP contribution is -2.15. The largest absolute Gasteiger partial charge is 0.478 e. The topological polar surface area (TPSA) is 126 Å². The van der Waals surface area contributed by atoms with Crippen molar-refractivity contribution in [3.63, 3.8) is 0 Å². The normalized spacial score (nSPS) is 11.1. The Morgan fingerprint density at radius 2 is 1.72 bits per heavy atom. The molecule has 9 heteroatoms. The van der Waals surface area contributed by atoms with E-state index in [1.165, 1.54) is 37.3 Å². The Morgan fingerprint density at radius 1 is 1.12 bits per heavy atom. The minimum atomic E-state index is -3.37. The van der Waals surface area contributed by atoms with Gasteiger partial charge in [0.2, 0.25) is 10.0 Å². The van der Waals surface area contributed by atoms with E-state index < -0.39 is 21.9 Å². The molecule has 25 heavy (non-hydrogen) atoms. The van der Waals surface area contributed by atoms with E-state index >= 15 is 0 Å². The van der Waals surface area contributed by atoms with Crippen molar-refractivity contribution in [1.82, 2.24) is 0 Å². The molecule has 134 valence electrons. The maximum atomic E-state index is 12.2. The van der Waals surface area contributed by atoms with E-state index in [1.54, 1.807) is 6.92 Å². The average molecular weight is 366 g/mol. The van der Waals surface area contributed by atoms with Gasteiger partial charge in [-0.2, -0.15) is 0 Å². The molecule has 1 amide bonds. The summed E-state index contributed by atoms with van der Waals surface area (Å²) in [6.45, 7) is 3.25. The lowest BCUT2D eigenvalue weighted by atomic mass is 10.2. The number of carbonyl (C=O) groups excluding carboxylic acids is 1. The predicted molar refractivity (Wildman–Crippen MR) is 92.5 cm³/mol. The third kappa shape index (κ3) is 4.60. The Labute approximate surface area is 144 Å². The van der Waals surface area contributed by atoms with Gasteiger partial charge >= 0.3 is 5.97 Å². The molecular formula is C16H18N2O6S. The summed E-state index contributed by atoms with van der Waals surface area (Å²) in [5.41, 5.74) is 0.743. The van der Waals surface area contributed by atoms with Gasteiger partial charge in [0.25, 0.3) is 5.91 Å². The van der Waals surface area contributed by atoms with E-state index in [-0.39, 0.29) is 22.8 Å². The van der Waals surface area contributed by atoms with Crippen LogP contribution >= 0.6 is 0 Å². The van der Waals surface area contributed by atoms with Crippen LogP contribution in [0.5, 0.6) is 0 Å². The van der Waals surface area contributed by atoms with Gasteiger partial charge < -0.3 is 14.8 Å². The van der Waals surface area contributed by atoms with Crippen molar-refractivity contribution in [1.29, 1.82) is 0 Å². The van der Waals surface area contributed by atoms with Crippen molar-refractivity contribution in [2.45, 2.75) is 20.3 Å². The van der Waals surface area contributed by atoms with Crippen LogP contribution in [0.1, 0.15) is 40.5 Å². The number of amides is 1. The van der Waals surface area contributed by atoms with Crippen LogP contribution in [-0.2, 0) is 16.4 Å². The number of hydrogen-bond acceptors (Lipinski definition) is 5. The molecule has 0 aliphatic heterocycles. The molecule has 2 aromatic rings. The van der Waals surface area contributed by atoms with E-state index in [2.05, 4.69) is 10.0 Å². The third-order valence-corrected chi connectivity index (χ3v) is 4.69.